The quantitative estimate of drug-likeness (QED) is 0.166. The predicted molar refractivity (Wildman–Crippen MR) is 91.3 cm³/mol. The second-order valence-corrected chi connectivity index (χ2v) is 6.13. The summed E-state index contributed by atoms with van der Waals surface area (Å²) >= 11 is 0. The molecule has 0 aliphatic heterocycles. The number of hydrogen-bond donors (Lipinski definition) is 1. The topological polar surface area (TPSA) is 76.8 Å². The first-order valence-electron chi connectivity index (χ1n) is 8.22. The molecule has 0 amide bonds. The molecule has 0 radical (unpaired) electrons. The maximum atomic E-state index is 13.1. The lowest BCUT2D eigenvalue weighted by atomic mass is 10.2. The largest absolute Gasteiger partial charge is 0.462 e. The zero-order chi connectivity index (χ0) is 25.2. The summed E-state index contributed by atoms with van der Waals surface area (Å²) in [6.07, 6.45) is -10.9. The molecule has 33 heavy (non-hydrogen) atoms. The maximum absolute atomic E-state index is 13.1. The molecule has 0 bridgehead atoms. The molecular weight excluding hydrogens is 484 g/mol. The second kappa shape index (κ2) is 8.74. The molecule has 2 rings (SSSR count). The molecule has 0 fully saturated rings. The van der Waals surface area contributed by atoms with Gasteiger partial charge in [0.25, 0.3) is 0 Å². The van der Waals surface area contributed by atoms with Crippen LogP contribution in [0.5, 0.6) is 11.5 Å². The van der Waals surface area contributed by atoms with Crippen molar-refractivity contribution < 1.29 is 53.6 Å². The van der Waals surface area contributed by atoms with Crippen LogP contribution in [0.2, 0.25) is 0 Å². The van der Waals surface area contributed by atoms with Gasteiger partial charge in [-0.3, -0.25) is 10.1 Å². The Bertz CT molecular complexity index is 1030. The first kappa shape index (κ1) is 25.7. The number of nitrogens with zero attached hydrogens (tertiary/aromatic N) is 2. The average molecular weight is 493 g/mol. The number of hydrazone groups is 1. The third-order valence-corrected chi connectivity index (χ3v) is 3.76. The van der Waals surface area contributed by atoms with Crippen molar-refractivity contribution in [3.63, 3.8) is 0 Å². The van der Waals surface area contributed by atoms with Gasteiger partial charge >= 0.3 is 30.0 Å². The number of nitro benzene ring substituents is 1. The van der Waals surface area contributed by atoms with E-state index in [1.807, 2.05) is 0 Å². The summed E-state index contributed by atoms with van der Waals surface area (Å²) in [6, 6.07) is -0.107. The van der Waals surface area contributed by atoms with Gasteiger partial charge in [0.1, 0.15) is 5.75 Å². The number of halogens is 10. The Labute approximate surface area is 176 Å². The minimum atomic E-state index is -6.54. The van der Waals surface area contributed by atoms with Gasteiger partial charge in [-0.25, -0.2) is 5.43 Å². The van der Waals surface area contributed by atoms with E-state index < -0.39 is 46.2 Å². The van der Waals surface area contributed by atoms with Crippen LogP contribution in [0.3, 0.4) is 0 Å². The third-order valence-electron chi connectivity index (χ3n) is 3.76. The lowest BCUT2D eigenvalue weighted by molar-refractivity contribution is -0.385. The number of nitro groups is 1. The normalized spacial score (nSPS) is 13.3. The van der Waals surface area contributed by atoms with E-state index in [1.54, 1.807) is 0 Å². The summed E-state index contributed by atoms with van der Waals surface area (Å²) in [4.78, 5) is 9.91. The summed E-state index contributed by atoms with van der Waals surface area (Å²) in [5.74, 6) is -7.15. The van der Waals surface area contributed by atoms with Crippen LogP contribution in [-0.4, -0.2) is 29.3 Å². The van der Waals surface area contributed by atoms with E-state index in [0.29, 0.717) is 23.8 Å². The fourth-order valence-electron chi connectivity index (χ4n) is 2.11. The van der Waals surface area contributed by atoms with Gasteiger partial charge < -0.3 is 4.74 Å². The van der Waals surface area contributed by atoms with Gasteiger partial charge in [-0.15, -0.1) is 0 Å². The number of alkyl halides is 10. The molecule has 0 spiro atoms. The van der Waals surface area contributed by atoms with Crippen molar-refractivity contribution in [1.82, 2.24) is 5.43 Å². The van der Waals surface area contributed by atoms with Crippen LogP contribution < -0.4 is 10.2 Å². The zero-order valence-corrected chi connectivity index (χ0v) is 15.5. The van der Waals surface area contributed by atoms with Crippen LogP contribution in [0.4, 0.5) is 49.6 Å². The van der Waals surface area contributed by atoms with Gasteiger partial charge in [0.15, 0.2) is 0 Å². The second-order valence-electron chi connectivity index (χ2n) is 6.13. The molecule has 2 aromatic carbocycles. The zero-order valence-electron chi connectivity index (χ0n) is 15.5. The van der Waals surface area contributed by atoms with Crippen molar-refractivity contribution in [2.75, 3.05) is 0 Å². The summed E-state index contributed by atoms with van der Waals surface area (Å²) in [5.41, 5.74) is -2.00. The van der Waals surface area contributed by atoms with Gasteiger partial charge in [0.2, 0.25) is 5.75 Å². The van der Waals surface area contributed by atoms with E-state index in [1.165, 1.54) is 0 Å². The van der Waals surface area contributed by atoms with Gasteiger partial charge in [0, 0.05) is 6.07 Å². The summed E-state index contributed by atoms with van der Waals surface area (Å²) in [6.45, 7) is 0. The van der Waals surface area contributed by atoms with E-state index in [-0.39, 0.29) is 17.4 Å². The van der Waals surface area contributed by atoms with E-state index in [2.05, 4.69) is 5.10 Å². The highest BCUT2D eigenvalue weighted by Crippen LogP contribution is 2.45. The summed E-state index contributed by atoms with van der Waals surface area (Å²) < 4.78 is 131. The number of hydrogen-bond acceptors (Lipinski definition) is 5. The van der Waals surface area contributed by atoms with Crippen LogP contribution >= 0.6 is 0 Å². The highest BCUT2D eigenvalue weighted by atomic mass is 19.4. The molecular formula is C17H9F10N3O3. The van der Waals surface area contributed by atoms with Crippen LogP contribution in [-0.2, 0) is 6.18 Å². The van der Waals surface area contributed by atoms with E-state index in [4.69, 9.17) is 4.74 Å². The average Bonchev–Trinajstić information content (AvgIpc) is 2.67. The molecule has 0 atom stereocenters. The van der Waals surface area contributed by atoms with Crippen LogP contribution in [0.25, 0.3) is 0 Å². The molecule has 0 unspecified atom stereocenters. The van der Waals surface area contributed by atoms with Crippen LogP contribution in [0.1, 0.15) is 11.1 Å². The van der Waals surface area contributed by atoms with Crippen molar-refractivity contribution in [3.8, 4) is 11.5 Å². The Morgan fingerprint density at radius 1 is 0.909 bits per heavy atom. The third kappa shape index (κ3) is 5.81. The Balaban J connectivity index is 2.15. The smallest absolute Gasteiger partial charge is 0.450 e. The molecule has 0 saturated carbocycles. The number of ether oxygens (including phenoxy) is 1. The van der Waals surface area contributed by atoms with Gasteiger partial charge in [-0.1, -0.05) is 0 Å². The molecule has 6 nitrogen and oxygen atoms in total. The number of benzene rings is 2. The minimum Gasteiger partial charge on any atom is -0.450 e. The first-order valence-corrected chi connectivity index (χ1v) is 8.22. The standard InChI is InChI=1S/C17H9F10N3O3/c18-14(19,20)10-3-6-13(12(7-10)30(31)32)33-11-4-1-9(2-5-11)8-28-29-17(26,27)15(21,22)16(23,24)25/h1-8,29H/b28-8+. The lowest BCUT2D eigenvalue weighted by Crippen LogP contribution is -2.58. The van der Waals surface area contributed by atoms with Crippen molar-refractivity contribution in [1.29, 1.82) is 0 Å². The van der Waals surface area contributed by atoms with Crippen LogP contribution in [0, 0.1) is 10.1 Å². The molecule has 180 valence electrons. The van der Waals surface area contributed by atoms with E-state index in [0.717, 1.165) is 24.3 Å². The van der Waals surface area contributed by atoms with Crippen molar-refractivity contribution >= 4 is 11.9 Å². The first-order chi connectivity index (χ1) is 15.0. The molecule has 1 N–H and O–H groups in total. The molecule has 16 heteroatoms. The Morgan fingerprint density at radius 2 is 1.48 bits per heavy atom. The Hall–Kier alpha value is -3.59. The molecule has 0 aliphatic rings. The summed E-state index contributed by atoms with van der Waals surface area (Å²) in [7, 11) is 0. The maximum Gasteiger partial charge on any atom is 0.462 e. The fourth-order valence-corrected chi connectivity index (χ4v) is 2.11. The van der Waals surface area contributed by atoms with E-state index in [9.17, 15) is 54.0 Å². The Morgan fingerprint density at radius 3 is 1.97 bits per heavy atom. The SMILES string of the molecule is O=[N+]([O-])c1cc(C(F)(F)F)ccc1Oc1ccc(/C=N/NC(F)(F)C(F)(F)C(F)(F)F)cc1. The van der Waals surface area contributed by atoms with Gasteiger partial charge in [-0.2, -0.15) is 49.0 Å². The highest BCUT2D eigenvalue weighted by Gasteiger charge is 2.73. The number of rotatable bonds is 7. The van der Waals surface area contributed by atoms with Crippen molar-refractivity contribution in [3.05, 3.63) is 63.7 Å². The predicted octanol–water partition coefficient (Wildman–Crippen LogP) is 6.12. The van der Waals surface area contributed by atoms with Gasteiger partial charge in [0.05, 0.1) is 16.7 Å². The van der Waals surface area contributed by atoms with E-state index >= 15 is 0 Å². The van der Waals surface area contributed by atoms with Gasteiger partial charge in [-0.05, 0) is 42.0 Å². The molecule has 0 saturated heterocycles. The monoisotopic (exact) mass is 493 g/mol. The van der Waals surface area contributed by atoms with Crippen molar-refractivity contribution in [2.45, 2.75) is 24.3 Å². The van der Waals surface area contributed by atoms with Crippen LogP contribution in [0.15, 0.2) is 47.6 Å². The highest BCUT2D eigenvalue weighted by molar-refractivity contribution is 5.79. The molecule has 0 aliphatic carbocycles. The fraction of sp³-hybridized carbons (Fsp3) is 0.235. The minimum absolute atomic E-state index is 0.108. The number of nitrogens with one attached hydrogen (secondary N) is 1. The molecule has 0 heterocycles. The molecule has 0 aromatic heterocycles. The Kier molecular flexibility index (Phi) is 6.80. The molecule has 2 aromatic rings. The van der Waals surface area contributed by atoms with Crippen molar-refractivity contribution in [2.24, 2.45) is 5.10 Å². The lowest BCUT2D eigenvalue weighted by Gasteiger charge is -2.27. The summed E-state index contributed by atoms with van der Waals surface area (Å²) in [5, 5.41) is 13.7.